The van der Waals surface area contributed by atoms with Crippen LogP contribution in [-0.2, 0) is 6.42 Å². The normalized spacial score (nSPS) is 15.4. The second kappa shape index (κ2) is 6.87. The van der Waals surface area contributed by atoms with Crippen LogP contribution >= 0.6 is 0 Å². The Morgan fingerprint density at radius 2 is 1.85 bits per heavy atom. The van der Waals surface area contributed by atoms with E-state index in [0.29, 0.717) is 17.7 Å². The van der Waals surface area contributed by atoms with Crippen LogP contribution in [0.2, 0.25) is 0 Å². The van der Waals surface area contributed by atoms with E-state index < -0.39 is 0 Å². The molecule has 3 rings (SSSR count). The number of allylic oxidation sites excluding steroid dienone is 1. The molecule has 0 bridgehead atoms. The highest BCUT2D eigenvalue weighted by atomic mass is 16.5. The molecule has 1 heterocycles. The van der Waals surface area contributed by atoms with Crippen molar-refractivity contribution < 1.29 is 14.6 Å². The average molecular weight is 351 g/mol. The Kier molecular flexibility index (Phi) is 4.77. The summed E-state index contributed by atoms with van der Waals surface area (Å²) >= 11 is 0. The summed E-state index contributed by atoms with van der Waals surface area (Å²) in [5, 5.41) is 10.5. The highest BCUT2D eigenvalue weighted by Gasteiger charge is 2.29. The van der Waals surface area contributed by atoms with Gasteiger partial charge in [0.25, 0.3) is 0 Å². The molecular formula is C22H25NO3. The van der Waals surface area contributed by atoms with Gasteiger partial charge in [0, 0.05) is 25.3 Å². The van der Waals surface area contributed by atoms with Crippen molar-refractivity contribution in [2.75, 3.05) is 19.0 Å². The standard InChI is InChI=1S/C22H25NO3/c1-22(2)14-13-18-20(26-22)12-10-17(21(18)25)19(24)11-7-15-5-8-16(9-6-15)23(3)4/h5-12,25H,13-14H2,1-4H3/b11-7+. The highest BCUT2D eigenvalue weighted by Crippen LogP contribution is 2.39. The molecule has 4 heteroatoms. The Balaban J connectivity index is 1.80. The first kappa shape index (κ1) is 18.1. The van der Waals surface area contributed by atoms with Gasteiger partial charge in [-0.2, -0.15) is 0 Å². The second-order valence-electron chi connectivity index (χ2n) is 7.48. The quantitative estimate of drug-likeness (QED) is 0.653. The van der Waals surface area contributed by atoms with Gasteiger partial charge in [-0.25, -0.2) is 0 Å². The predicted molar refractivity (Wildman–Crippen MR) is 105 cm³/mol. The number of carbonyl (C=O) groups excluding carboxylic acids is 1. The van der Waals surface area contributed by atoms with Crippen LogP contribution in [-0.4, -0.2) is 30.6 Å². The van der Waals surface area contributed by atoms with Crippen LogP contribution in [0.5, 0.6) is 11.5 Å². The van der Waals surface area contributed by atoms with Crippen LogP contribution in [0.15, 0.2) is 42.5 Å². The topological polar surface area (TPSA) is 49.8 Å². The number of rotatable bonds is 4. The third kappa shape index (κ3) is 3.74. The number of benzene rings is 2. The summed E-state index contributed by atoms with van der Waals surface area (Å²) in [6.45, 7) is 4.05. The molecule has 0 amide bonds. The van der Waals surface area contributed by atoms with Crippen molar-refractivity contribution in [3.63, 3.8) is 0 Å². The fourth-order valence-electron chi connectivity index (χ4n) is 3.07. The molecule has 0 fully saturated rings. The van der Waals surface area contributed by atoms with Gasteiger partial charge in [0.1, 0.15) is 17.1 Å². The fourth-order valence-corrected chi connectivity index (χ4v) is 3.07. The van der Waals surface area contributed by atoms with E-state index in [9.17, 15) is 9.90 Å². The van der Waals surface area contributed by atoms with Gasteiger partial charge in [0.05, 0.1) is 5.56 Å². The van der Waals surface area contributed by atoms with Gasteiger partial charge in [-0.15, -0.1) is 0 Å². The van der Waals surface area contributed by atoms with Gasteiger partial charge in [0.2, 0.25) is 0 Å². The molecule has 0 saturated carbocycles. The molecule has 2 aromatic carbocycles. The van der Waals surface area contributed by atoms with E-state index in [1.165, 1.54) is 6.08 Å². The first-order chi connectivity index (χ1) is 12.3. The number of ether oxygens (including phenoxy) is 1. The van der Waals surface area contributed by atoms with Gasteiger partial charge in [-0.3, -0.25) is 4.79 Å². The maximum Gasteiger partial charge on any atom is 0.189 e. The van der Waals surface area contributed by atoms with Gasteiger partial charge in [0.15, 0.2) is 5.78 Å². The Morgan fingerprint density at radius 1 is 1.15 bits per heavy atom. The first-order valence-corrected chi connectivity index (χ1v) is 8.80. The zero-order valence-corrected chi connectivity index (χ0v) is 15.7. The zero-order chi connectivity index (χ0) is 18.9. The van der Waals surface area contributed by atoms with Gasteiger partial charge in [-0.05, 0) is 62.6 Å². The second-order valence-corrected chi connectivity index (χ2v) is 7.48. The van der Waals surface area contributed by atoms with Gasteiger partial charge >= 0.3 is 0 Å². The molecule has 4 nitrogen and oxygen atoms in total. The van der Waals surface area contributed by atoms with Crippen molar-refractivity contribution in [3.8, 4) is 11.5 Å². The molecule has 0 saturated heterocycles. The van der Waals surface area contributed by atoms with Crippen molar-refractivity contribution in [1.82, 2.24) is 0 Å². The first-order valence-electron chi connectivity index (χ1n) is 8.80. The van der Waals surface area contributed by atoms with E-state index in [1.807, 2.05) is 57.1 Å². The summed E-state index contributed by atoms with van der Waals surface area (Å²) in [5.41, 5.74) is 2.83. The molecule has 0 atom stereocenters. The Bertz CT molecular complexity index is 848. The summed E-state index contributed by atoms with van der Waals surface area (Å²) in [7, 11) is 3.97. The third-order valence-electron chi connectivity index (χ3n) is 4.71. The lowest BCUT2D eigenvalue weighted by molar-refractivity contribution is 0.0836. The molecule has 1 aliphatic heterocycles. The Hall–Kier alpha value is -2.75. The molecule has 0 spiro atoms. The van der Waals surface area contributed by atoms with E-state index in [2.05, 4.69) is 0 Å². The van der Waals surface area contributed by atoms with Crippen LogP contribution in [0.1, 0.15) is 41.8 Å². The lowest BCUT2D eigenvalue weighted by Gasteiger charge is -2.33. The van der Waals surface area contributed by atoms with Crippen LogP contribution in [0.3, 0.4) is 0 Å². The molecule has 2 aromatic rings. The number of aromatic hydroxyl groups is 1. The molecule has 0 unspecified atom stereocenters. The van der Waals surface area contributed by atoms with Crippen molar-refractivity contribution in [1.29, 1.82) is 0 Å². The number of anilines is 1. The van der Waals surface area contributed by atoms with Crippen molar-refractivity contribution >= 4 is 17.5 Å². The van der Waals surface area contributed by atoms with E-state index in [0.717, 1.165) is 23.2 Å². The third-order valence-corrected chi connectivity index (χ3v) is 4.71. The van der Waals surface area contributed by atoms with E-state index in [1.54, 1.807) is 18.2 Å². The molecule has 1 N–H and O–H groups in total. The molecule has 26 heavy (non-hydrogen) atoms. The molecule has 0 aliphatic carbocycles. The number of ketones is 1. The largest absolute Gasteiger partial charge is 0.507 e. The highest BCUT2D eigenvalue weighted by molar-refractivity contribution is 6.09. The molecule has 1 aliphatic rings. The number of phenolic OH excluding ortho intramolecular Hbond substituents is 1. The minimum Gasteiger partial charge on any atom is -0.507 e. The summed E-state index contributed by atoms with van der Waals surface area (Å²) in [6, 6.07) is 11.3. The van der Waals surface area contributed by atoms with Crippen LogP contribution in [0.25, 0.3) is 6.08 Å². The van der Waals surface area contributed by atoms with Crippen molar-refractivity contribution in [3.05, 3.63) is 59.2 Å². The van der Waals surface area contributed by atoms with Crippen molar-refractivity contribution in [2.24, 2.45) is 0 Å². The number of carbonyl (C=O) groups is 1. The number of hydrogen-bond acceptors (Lipinski definition) is 4. The molecular weight excluding hydrogens is 326 g/mol. The smallest absolute Gasteiger partial charge is 0.189 e. The van der Waals surface area contributed by atoms with Crippen LogP contribution in [0, 0.1) is 0 Å². The molecule has 136 valence electrons. The molecule has 0 aromatic heterocycles. The van der Waals surface area contributed by atoms with E-state index >= 15 is 0 Å². The molecule has 0 radical (unpaired) electrons. The van der Waals surface area contributed by atoms with E-state index in [4.69, 9.17) is 4.74 Å². The fraction of sp³-hybridized carbons (Fsp3) is 0.318. The summed E-state index contributed by atoms with van der Waals surface area (Å²) in [5.74, 6) is 0.487. The monoisotopic (exact) mass is 351 g/mol. The maximum absolute atomic E-state index is 12.5. The lowest BCUT2D eigenvalue weighted by Crippen LogP contribution is -2.32. The van der Waals surface area contributed by atoms with Crippen LogP contribution in [0.4, 0.5) is 5.69 Å². The average Bonchev–Trinajstić information content (AvgIpc) is 2.59. The summed E-state index contributed by atoms with van der Waals surface area (Å²) in [4.78, 5) is 14.6. The minimum atomic E-state index is -0.246. The Labute approximate surface area is 154 Å². The SMILES string of the molecule is CN(C)c1ccc(/C=C/C(=O)c2ccc3c(c2O)CCC(C)(C)O3)cc1. The number of phenols is 1. The number of fused-ring (bicyclic) bond motifs is 1. The Morgan fingerprint density at radius 3 is 2.50 bits per heavy atom. The van der Waals surface area contributed by atoms with Gasteiger partial charge < -0.3 is 14.7 Å². The van der Waals surface area contributed by atoms with Crippen molar-refractivity contribution in [2.45, 2.75) is 32.3 Å². The lowest BCUT2D eigenvalue weighted by atomic mass is 9.91. The summed E-state index contributed by atoms with van der Waals surface area (Å²) < 4.78 is 5.90. The van der Waals surface area contributed by atoms with E-state index in [-0.39, 0.29) is 17.1 Å². The number of nitrogens with zero attached hydrogens (tertiary/aromatic N) is 1. The maximum atomic E-state index is 12.5. The zero-order valence-electron chi connectivity index (χ0n) is 15.7. The number of hydrogen-bond donors (Lipinski definition) is 1. The minimum absolute atomic E-state index is 0.0376. The predicted octanol–water partition coefficient (Wildman–Crippen LogP) is 4.46. The van der Waals surface area contributed by atoms with Gasteiger partial charge in [-0.1, -0.05) is 18.2 Å². The van der Waals surface area contributed by atoms with Crippen LogP contribution < -0.4 is 9.64 Å². The summed E-state index contributed by atoms with van der Waals surface area (Å²) in [6.07, 6.45) is 4.77.